The molecule has 2 aromatic rings. The van der Waals surface area contributed by atoms with Crippen LogP contribution in [-0.4, -0.2) is 33.3 Å². The topological polar surface area (TPSA) is 84.2 Å². The van der Waals surface area contributed by atoms with Crippen molar-refractivity contribution < 1.29 is 14.7 Å². The fraction of sp³-hybridized carbons (Fsp3) is 0.421. The van der Waals surface area contributed by atoms with Crippen molar-refractivity contribution in [3.63, 3.8) is 0 Å². The maximum Gasteiger partial charge on any atom is 0.303 e. The Morgan fingerprint density at radius 1 is 1.08 bits per heavy atom. The van der Waals surface area contributed by atoms with Gasteiger partial charge >= 0.3 is 5.97 Å². The lowest BCUT2D eigenvalue weighted by Crippen LogP contribution is -2.24. The smallest absolute Gasteiger partial charge is 0.303 e. The average molecular weight is 343 g/mol. The number of aryl methyl sites for hydroxylation is 1. The number of nitrogens with zero attached hydrogens (tertiary/aromatic N) is 2. The molecule has 0 saturated carbocycles. The number of aromatic nitrogens is 2. The van der Waals surface area contributed by atoms with E-state index in [1.54, 1.807) is 10.9 Å². The summed E-state index contributed by atoms with van der Waals surface area (Å²) in [5.74, 6) is -0.851. The molecule has 0 unspecified atom stereocenters. The first-order valence-corrected chi connectivity index (χ1v) is 8.67. The zero-order valence-corrected chi connectivity index (χ0v) is 14.6. The number of rotatable bonds is 10. The van der Waals surface area contributed by atoms with Gasteiger partial charge < -0.3 is 10.4 Å². The molecule has 6 heteroatoms. The second-order valence-corrected chi connectivity index (χ2v) is 6.06. The maximum absolute atomic E-state index is 12.4. The van der Waals surface area contributed by atoms with Crippen molar-refractivity contribution in [1.82, 2.24) is 15.1 Å². The van der Waals surface area contributed by atoms with Gasteiger partial charge in [0.25, 0.3) is 5.91 Å². The molecule has 0 saturated heterocycles. The van der Waals surface area contributed by atoms with Crippen LogP contribution in [0.2, 0.25) is 0 Å². The van der Waals surface area contributed by atoms with Gasteiger partial charge in [-0.25, -0.2) is 0 Å². The molecule has 0 radical (unpaired) electrons. The lowest BCUT2D eigenvalue weighted by Gasteiger charge is -2.08. The summed E-state index contributed by atoms with van der Waals surface area (Å²) in [5, 5.41) is 15.7. The molecule has 0 atom stereocenters. The van der Waals surface area contributed by atoms with E-state index in [1.165, 1.54) is 0 Å². The number of nitrogens with one attached hydrogen (secondary N) is 1. The number of aliphatic carboxylic acids is 1. The molecule has 1 aromatic heterocycles. The summed E-state index contributed by atoms with van der Waals surface area (Å²) in [5.41, 5.74) is 2.35. The molecule has 2 N–H and O–H groups in total. The highest BCUT2D eigenvalue weighted by Crippen LogP contribution is 2.22. The van der Waals surface area contributed by atoms with E-state index >= 15 is 0 Å². The lowest BCUT2D eigenvalue weighted by atomic mass is 10.1. The van der Waals surface area contributed by atoms with Gasteiger partial charge in [-0.15, -0.1) is 0 Å². The number of hydrogen-bond acceptors (Lipinski definition) is 3. The summed E-state index contributed by atoms with van der Waals surface area (Å²) in [4.78, 5) is 22.9. The van der Waals surface area contributed by atoms with Crippen molar-refractivity contribution in [2.45, 2.75) is 38.5 Å². The molecule has 1 aromatic carbocycles. The minimum absolute atomic E-state index is 0.113. The lowest BCUT2D eigenvalue weighted by molar-refractivity contribution is -0.137. The number of unbranched alkanes of at least 4 members (excludes halogenated alkanes) is 4. The molecule has 0 spiro atoms. The number of amides is 1. The quantitative estimate of drug-likeness (QED) is 0.649. The third-order valence-electron chi connectivity index (χ3n) is 4.08. The number of carboxylic acids is 1. The molecule has 6 nitrogen and oxygen atoms in total. The van der Waals surface area contributed by atoms with E-state index < -0.39 is 5.97 Å². The number of carbonyl (C=O) groups excluding carboxylic acids is 1. The Balaban J connectivity index is 1.78. The molecule has 0 aliphatic heterocycles. The van der Waals surface area contributed by atoms with E-state index in [-0.39, 0.29) is 12.3 Å². The summed E-state index contributed by atoms with van der Waals surface area (Å²) in [6, 6.07) is 9.74. The molecular weight excluding hydrogens is 318 g/mol. The van der Waals surface area contributed by atoms with Crippen LogP contribution in [0, 0.1) is 0 Å². The van der Waals surface area contributed by atoms with Gasteiger partial charge in [-0.2, -0.15) is 5.10 Å². The van der Waals surface area contributed by atoms with Gasteiger partial charge in [0.15, 0.2) is 0 Å². The maximum atomic E-state index is 12.4. The summed E-state index contributed by atoms with van der Waals surface area (Å²) in [6.07, 6.45) is 6.34. The highest BCUT2D eigenvalue weighted by atomic mass is 16.4. The van der Waals surface area contributed by atoms with Crippen molar-refractivity contribution in [3.8, 4) is 11.3 Å². The zero-order valence-electron chi connectivity index (χ0n) is 14.6. The fourth-order valence-corrected chi connectivity index (χ4v) is 2.77. The molecule has 2 rings (SSSR count). The van der Waals surface area contributed by atoms with Gasteiger partial charge in [0.1, 0.15) is 0 Å². The molecule has 0 fully saturated rings. The standard InChI is InChI=1S/C19H25N3O3/c1-22-18(15-10-6-5-7-11-15)16(14-21-22)19(25)20-13-9-4-2-3-8-12-17(23)24/h5-7,10-11,14H,2-4,8-9,12-13H2,1H3,(H,20,25)(H,23,24). The molecule has 134 valence electrons. The van der Waals surface area contributed by atoms with Crippen LogP contribution < -0.4 is 5.32 Å². The van der Waals surface area contributed by atoms with Gasteiger partial charge in [-0.05, 0) is 12.8 Å². The minimum Gasteiger partial charge on any atom is -0.481 e. The van der Waals surface area contributed by atoms with Crippen molar-refractivity contribution >= 4 is 11.9 Å². The van der Waals surface area contributed by atoms with E-state index in [0.717, 1.165) is 43.4 Å². The third-order valence-corrected chi connectivity index (χ3v) is 4.08. The van der Waals surface area contributed by atoms with E-state index in [4.69, 9.17) is 5.11 Å². The van der Waals surface area contributed by atoms with Crippen LogP contribution in [0.1, 0.15) is 48.9 Å². The minimum atomic E-state index is -0.738. The second-order valence-electron chi connectivity index (χ2n) is 6.06. The highest BCUT2D eigenvalue weighted by Gasteiger charge is 2.16. The SMILES string of the molecule is Cn1ncc(C(=O)NCCCCCCCC(=O)O)c1-c1ccccc1. The highest BCUT2D eigenvalue weighted by molar-refractivity contribution is 5.99. The predicted octanol–water partition coefficient (Wildman–Crippen LogP) is 3.24. The van der Waals surface area contributed by atoms with Gasteiger partial charge in [-0.3, -0.25) is 14.3 Å². The van der Waals surface area contributed by atoms with E-state index in [1.807, 2.05) is 37.4 Å². The van der Waals surface area contributed by atoms with Crippen LogP contribution in [0.4, 0.5) is 0 Å². The largest absolute Gasteiger partial charge is 0.481 e. The second kappa shape index (κ2) is 9.61. The fourth-order valence-electron chi connectivity index (χ4n) is 2.77. The molecular formula is C19H25N3O3. The van der Waals surface area contributed by atoms with Crippen LogP contribution >= 0.6 is 0 Å². The summed E-state index contributed by atoms with van der Waals surface area (Å²) in [6.45, 7) is 0.612. The molecule has 0 aliphatic carbocycles. The third kappa shape index (κ3) is 5.74. The number of hydrogen-bond donors (Lipinski definition) is 2. The van der Waals surface area contributed by atoms with Crippen LogP contribution in [-0.2, 0) is 11.8 Å². The van der Waals surface area contributed by atoms with Gasteiger partial charge in [0, 0.05) is 25.6 Å². The number of carbonyl (C=O) groups is 2. The first-order chi connectivity index (χ1) is 12.1. The van der Waals surface area contributed by atoms with E-state index in [2.05, 4.69) is 10.4 Å². The van der Waals surface area contributed by atoms with Crippen molar-refractivity contribution in [2.24, 2.45) is 7.05 Å². The van der Waals surface area contributed by atoms with E-state index in [0.29, 0.717) is 12.1 Å². The number of carboxylic acid groups (broad SMARTS) is 1. The van der Waals surface area contributed by atoms with E-state index in [9.17, 15) is 9.59 Å². The Kier molecular flexibility index (Phi) is 7.19. The summed E-state index contributed by atoms with van der Waals surface area (Å²) >= 11 is 0. The van der Waals surface area contributed by atoms with Gasteiger partial charge in [0.05, 0.1) is 17.5 Å². The normalized spacial score (nSPS) is 10.6. The Bertz CT molecular complexity index is 695. The van der Waals surface area contributed by atoms with Crippen LogP contribution in [0.3, 0.4) is 0 Å². The average Bonchev–Trinajstić information content (AvgIpc) is 2.99. The first kappa shape index (κ1) is 18.7. The monoisotopic (exact) mass is 343 g/mol. The number of benzene rings is 1. The van der Waals surface area contributed by atoms with Gasteiger partial charge in [0.2, 0.25) is 0 Å². The van der Waals surface area contributed by atoms with Crippen molar-refractivity contribution in [2.75, 3.05) is 6.54 Å². The molecule has 25 heavy (non-hydrogen) atoms. The summed E-state index contributed by atoms with van der Waals surface area (Å²) < 4.78 is 1.71. The van der Waals surface area contributed by atoms with Crippen LogP contribution in [0.15, 0.2) is 36.5 Å². The van der Waals surface area contributed by atoms with Gasteiger partial charge in [-0.1, -0.05) is 49.6 Å². The zero-order chi connectivity index (χ0) is 18.1. The first-order valence-electron chi connectivity index (χ1n) is 8.67. The molecule has 0 aliphatic rings. The van der Waals surface area contributed by atoms with Crippen molar-refractivity contribution in [3.05, 3.63) is 42.1 Å². The van der Waals surface area contributed by atoms with Crippen molar-refractivity contribution in [1.29, 1.82) is 0 Å². The Hall–Kier alpha value is -2.63. The molecule has 1 amide bonds. The Morgan fingerprint density at radius 3 is 2.48 bits per heavy atom. The molecule has 0 bridgehead atoms. The Morgan fingerprint density at radius 2 is 1.76 bits per heavy atom. The Labute approximate surface area is 147 Å². The summed E-state index contributed by atoms with van der Waals surface area (Å²) in [7, 11) is 1.83. The van der Waals surface area contributed by atoms with Crippen LogP contribution in [0.25, 0.3) is 11.3 Å². The van der Waals surface area contributed by atoms with Crippen LogP contribution in [0.5, 0.6) is 0 Å². The predicted molar refractivity (Wildman–Crippen MR) is 96.3 cm³/mol. The molecule has 1 heterocycles.